The third kappa shape index (κ3) is 4.56. The van der Waals surface area contributed by atoms with E-state index in [0.717, 1.165) is 30.0 Å². The van der Waals surface area contributed by atoms with Gasteiger partial charge in [0.25, 0.3) is 0 Å². The Morgan fingerprint density at radius 3 is 2.88 bits per heavy atom. The lowest BCUT2D eigenvalue weighted by atomic mass is 9.89. The average molecular weight is 366 g/mol. The number of hydrogen-bond donors (Lipinski definition) is 2. The molecular formula is C18H24ClN3OS. The smallest absolute Gasteiger partial charge is 0.243 e. The zero-order valence-electron chi connectivity index (χ0n) is 13.8. The first-order valence-corrected chi connectivity index (χ1v) is 9.06. The summed E-state index contributed by atoms with van der Waals surface area (Å²) >= 11 is 1.61. The molecule has 0 bridgehead atoms. The van der Waals surface area contributed by atoms with Crippen LogP contribution in [0.5, 0.6) is 0 Å². The molecule has 2 atom stereocenters. The first-order valence-electron chi connectivity index (χ1n) is 8.24. The van der Waals surface area contributed by atoms with E-state index in [1.807, 2.05) is 30.3 Å². The Balaban J connectivity index is 0.00000208. The fourth-order valence-corrected chi connectivity index (χ4v) is 4.13. The Morgan fingerprint density at radius 2 is 2.17 bits per heavy atom. The van der Waals surface area contributed by atoms with E-state index in [1.165, 1.54) is 17.7 Å². The number of nitrogens with one attached hydrogen (secondary N) is 1. The van der Waals surface area contributed by atoms with Crippen molar-refractivity contribution in [1.29, 1.82) is 0 Å². The maximum Gasteiger partial charge on any atom is 0.243 e. The fraction of sp³-hybridized carbons (Fsp3) is 0.444. The summed E-state index contributed by atoms with van der Waals surface area (Å²) in [6.07, 6.45) is 5.07. The van der Waals surface area contributed by atoms with E-state index in [0.29, 0.717) is 11.6 Å². The maximum absolute atomic E-state index is 12.3. The van der Waals surface area contributed by atoms with Crippen molar-refractivity contribution in [2.75, 3.05) is 5.32 Å². The number of aromatic nitrogens is 1. The lowest BCUT2D eigenvalue weighted by Gasteiger charge is -2.18. The Bertz CT molecular complexity index is 674. The van der Waals surface area contributed by atoms with Crippen LogP contribution < -0.4 is 11.1 Å². The lowest BCUT2D eigenvalue weighted by Crippen LogP contribution is -2.37. The van der Waals surface area contributed by atoms with E-state index in [9.17, 15) is 4.79 Å². The largest absolute Gasteiger partial charge is 0.320 e. The van der Waals surface area contributed by atoms with E-state index in [2.05, 4.69) is 17.2 Å². The van der Waals surface area contributed by atoms with Crippen molar-refractivity contribution in [3.63, 3.8) is 0 Å². The highest BCUT2D eigenvalue weighted by Gasteiger charge is 2.23. The van der Waals surface area contributed by atoms with Crippen LogP contribution in [-0.2, 0) is 24.1 Å². The molecule has 130 valence electrons. The molecular weight excluding hydrogens is 342 g/mol. The molecule has 1 aromatic carbocycles. The van der Waals surface area contributed by atoms with Crippen molar-refractivity contribution in [2.24, 2.45) is 11.7 Å². The molecule has 6 heteroatoms. The summed E-state index contributed by atoms with van der Waals surface area (Å²) in [5, 5.41) is 3.59. The zero-order chi connectivity index (χ0) is 16.2. The molecule has 3 N–H and O–H groups in total. The number of halogens is 1. The second-order valence-electron chi connectivity index (χ2n) is 6.19. The number of nitrogens with two attached hydrogens (primary N) is 1. The summed E-state index contributed by atoms with van der Waals surface area (Å²) in [6.45, 7) is 2.24. The van der Waals surface area contributed by atoms with Crippen molar-refractivity contribution >= 4 is 34.8 Å². The third-order valence-corrected chi connectivity index (χ3v) is 5.52. The number of benzene rings is 1. The molecule has 0 fully saturated rings. The van der Waals surface area contributed by atoms with Gasteiger partial charge in [-0.3, -0.25) is 4.79 Å². The second-order valence-corrected chi connectivity index (χ2v) is 7.28. The van der Waals surface area contributed by atoms with Gasteiger partial charge in [0.05, 0.1) is 11.7 Å². The molecule has 2 unspecified atom stereocenters. The van der Waals surface area contributed by atoms with E-state index in [4.69, 9.17) is 5.73 Å². The number of rotatable bonds is 5. The molecule has 1 aliphatic carbocycles. The van der Waals surface area contributed by atoms with Gasteiger partial charge in [0.1, 0.15) is 0 Å². The highest BCUT2D eigenvalue weighted by molar-refractivity contribution is 7.15. The topological polar surface area (TPSA) is 68.0 Å². The number of amides is 1. The number of aryl methyl sites for hydroxylation is 1. The minimum Gasteiger partial charge on any atom is -0.320 e. The Hall–Kier alpha value is -1.43. The fourth-order valence-electron chi connectivity index (χ4n) is 3.00. The van der Waals surface area contributed by atoms with Gasteiger partial charge >= 0.3 is 0 Å². The number of carbonyl (C=O) groups excluding carboxylic acids is 1. The van der Waals surface area contributed by atoms with Crippen molar-refractivity contribution in [3.8, 4) is 0 Å². The molecule has 24 heavy (non-hydrogen) atoms. The molecule has 0 spiro atoms. The molecule has 0 aliphatic heterocycles. The van der Waals surface area contributed by atoms with Gasteiger partial charge in [0.2, 0.25) is 5.91 Å². The van der Waals surface area contributed by atoms with Crippen LogP contribution in [0.1, 0.15) is 35.9 Å². The van der Waals surface area contributed by atoms with E-state index in [-0.39, 0.29) is 18.3 Å². The monoisotopic (exact) mass is 365 g/mol. The normalized spacial score (nSPS) is 17.5. The maximum atomic E-state index is 12.3. The number of nitrogens with zero attached hydrogens (tertiary/aromatic N) is 1. The SMILES string of the molecule is CCC1CCc2nc(NC(=O)C(N)Cc3ccccc3)sc2C1.Cl. The van der Waals surface area contributed by atoms with E-state index >= 15 is 0 Å². The minimum atomic E-state index is -0.554. The molecule has 1 aromatic heterocycles. The van der Waals surface area contributed by atoms with Crippen molar-refractivity contribution in [2.45, 2.75) is 45.1 Å². The Morgan fingerprint density at radius 1 is 1.42 bits per heavy atom. The van der Waals surface area contributed by atoms with Gasteiger partial charge in [-0.25, -0.2) is 4.98 Å². The summed E-state index contributed by atoms with van der Waals surface area (Å²) in [7, 11) is 0. The second kappa shape index (κ2) is 8.60. The van der Waals surface area contributed by atoms with E-state index in [1.54, 1.807) is 11.3 Å². The number of anilines is 1. The average Bonchev–Trinajstić information content (AvgIpc) is 2.96. The van der Waals surface area contributed by atoms with Crippen molar-refractivity contribution in [1.82, 2.24) is 4.98 Å². The Kier molecular flexibility index (Phi) is 6.78. The molecule has 0 radical (unpaired) electrons. The minimum absolute atomic E-state index is 0. The quantitative estimate of drug-likeness (QED) is 0.850. The number of hydrogen-bond acceptors (Lipinski definition) is 4. The van der Waals surface area contributed by atoms with Crippen LogP contribution in [0.15, 0.2) is 30.3 Å². The number of thiazole rings is 1. The van der Waals surface area contributed by atoms with Gasteiger partial charge < -0.3 is 11.1 Å². The summed E-state index contributed by atoms with van der Waals surface area (Å²) in [6, 6.07) is 9.29. The standard InChI is InChI=1S/C18H23N3OS.ClH/c1-2-12-8-9-15-16(11-12)23-18(20-15)21-17(22)14(19)10-13-6-4-3-5-7-13;/h3-7,12,14H,2,8-11,19H2,1H3,(H,20,21,22);1H. The molecule has 1 amide bonds. The first kappa shape index (κ1) is 18.9. The van der Waals surface area contributed by atoms with Crippen molar-refractivity contribution in [3.05, 3.63) is 46.5 Å². The molecule has 1 aliphatic rings. The lowest BCUT2D eigenvalue weighted by molar-refractivity contribution is -0.117. The van der Waals surface area contributed by atoms with Gasteiger partial charge in [-0.2, -0.15) is 0 Å². The molecule has 3 rings (SSSR count). The van der Waals surface area contributed by atoms with Gasteiger partial charge in [-0.1, -0.05) is 43.7 Å². The summed E-state index contributed by atoms with van der Waals surface area (Å²) in [5.74, 6) is 0.596. The van der Waals surface area contributed by atoms with E-state index < -0.39 is 6.04 Å². The highest BCUT2D eigenvalue weighted by atomic mass is 35.5. The summed E-state index contributed by atoms with van der Waals surface area (Å²) in [5.41, 5.74) is 8.26. The van der Waals surface area contributed by atoms with Crippen LogP contribution in [0.25, 0.3) is 0 Å². The number of fused-ring (bicyclic) bond motifs is 1. The van der Waals surface area contributed by atoms with Crippen LogP contribution in [0.3, 0.4) is 0 Å². The highest BCUT2D eigenvalue weighted by Crippen LogP contribution is 2.33. The van der Waals surface area contributed by atoms with Crippen LogP contribution >= 0.6 is 23.7 Å². The summed E-state index contributed by atoms with van der Waals surface area (Å²) in [4.78, 5) is 18.2. The molecule has 1 heterocycles. The predicted molar refractivity (Wildman–Crippen MR) is 102 cm³/mol. The number of carbonyl (C=O) groups is 1. The van der Waals surface area contributed by atoms with Crippen LogP contribution in [-0.4, -0.2) is 16.9 Å². The predicted octanol–water partition coefficient (Wildman–Crippen LogP) is 3.59. The van der Waals surface area contributed by atoms with Gasteiger partial charge in [-0.15, -0.1) is 23.7 Å². The van der Waals surface area contributed by atoms with Crippen molar-refractivity contribution < 1.29 is 4.79 Å². The van der Waals surface area contributed by atoms with Crippen LogP contribution in [0.2, 0.25) is 0 Å². The molecule has 0 saturated carbocycles. The Labute approximate surface area is 153 Å². The summed E-state index contributed by atoms with van der Waals surface area (Å²) < 4.78 is 0. The van der Waals surface area contributed by atoms with Crippen LogP contribution in [0.4, 0.5) is 5.13 Å². The third-order valence-electron chi connectivity index (χ3n) is 4.48. The molecule has 0 saturated heterocycles. The van der Waals surface area contributed by atoms with Gasteiger partial charge in [0.15, 0.2) is 5.13 Å². The molecule has 2 aromatic rings. The molecule has 4 nitrogen and oxygen atoms in total. The first-order chi connectivity index (χ1) is 11.2. The van der Waals surface area contributed by atoms with Crippen LogP contribution in [0, 0.1) is 5.92 Å². The zero-order valence-corrected chi connectivity index (χ0v) is 15.5. The van der Waals surface area contributed by atoms with Gasteiger partial charge in [0, 0.05) is 4.88 Å². The van der Waals surface area contributed by atoms with Gasteiger partial charge in [-0.05, 0) is 37.2 Å².